The van der Waals surface area contributed by atoms with Gasteiger partial charge in [0.05, 0.1) is 23.8 Å². The van der Waals surface area contributed by atoms with Crippen molar-refractivity contribution in [1.82, 2.24) is 19.9 Å². The smallest absolute Gasteiger partial charge is 0.275 e. The molecule has 0 aliphatic carbocycles. The zero-order valence-electron chi connectivity index (χ0n) is 21.2. The van der Waals surface area contributed by atoms with Gasteiger partial charge in [-0.2, -0.15) is 0 Å². The van der Waals surface area contributed by atoms with Crippen molar-refractivity contribution in [1.29, 1.82) is 0 Å². The number of fused-ring (bicyclic) bond motifs is 1. The van der Waals surface area contributed by atoms with Crippen LogP contribution in [0.1, 0.15) is 44.7 Å². The molecule has 2 aromatic carbocycles. The standard InChI is InChI=1S/C29H25N5O4S/c1-37-25-14-23(32-22-8-3-2-7-21(22)25)29(36)34-11-9-18(10-12-34)28-33-24(16-39-28)27(35)31-20-6-4-5-19(13-20)26-15-30-17-38-26/h2-8,13-18H,9-12H2,1H3,(H,31,35). The highest BCUT2D eigenvalue weighted by Gasteiger charge is 2.28. The Morgan fingerprint density at radius 3 is 2.69 bits per heavy atom. The van der Waals surface area contributed by atoms with E-state index in [1.54, 1.807) is 24.8 Å². The van der Waals surface area contributed by atoms with E-state index in [1.807, 2.05) is 53.4 Å². The van der Waals surface area contributed by atoms with E-state index in [0.29, 0.717) is 41.7 Å². The van der Waals surface area contributed by atoms with E-state index in [0.717, 1.165) is 34.3 Å². The van der Waals surface area contributed by atoms with Crippen LogP contribution in [0.4, 0.5) is 5.69 Å². The van der Waals surface area contributed by atoms with Crippen molar-refractivity contribution in [2.45, 2.75) is 18.8 Å². The summed E-state index contributed by atoms with van der Waals surface area (Å²) in [5.74, 6) is 1.08. The lowest BCUT2D eigenvalue weighted by atomic mass is 9.97. The Hall–Kier alpha value is -4.57. The van der Waals surface area contributed by atoms with E-state index in [4.69, 9.17) is 9.15 Å². The summed E-state index contributed by atoms with van der Waals surface area (Å²) in [7, 11) is 1.60. The summed E-state index contributed by atoms with van der Waals surface area (Å²) in [6, 6.07) is 16.7. The number of anilines is 1. The quantitative estimate of drug-likeness (QED) is 0.298. The number of para-hydroxylation sites is 1. The minimum atomic E-state index is -0.267. The van der Waals surface area contributed by atoms with Crippen molar-refractivity contribution in [3.63, 3.8) is 0 Å². The molecule has 0 bridgehead atoms. The molecule has 10 heteroatoms. The number of ether oxygens (including phenoxy) is 1. The Kier molecular flexibility index (Phi) is 6.76. The molecule has 1 aliphatic heterocycles. The Morgan fingerprint density at radius 1 is 1.05 bits per heavy atom. The number of piperidine rings is 1. The molecule has 4 heterocycles. The molecular weight excluding hydrogens is 514 g/mol. The molecule has 0 radical (unpaired) electrons. The second-order valence-electron chi connectivity index (χ2n) is 9.26. The molecule has 0 atom stereocenters. The van der Waals surface area contributed by atoms with Crippen LogP contribution in [0, 0.1) is 0 Å². The Balaban J connectivity index is 1.09. The number of benzene rings is 2. The number of nitrogens with zero attached hydrogens (tertiary/aromatic N) is 4. The highest BCUT2D eigenvalue weighted by atomic mass is 32.1. The first-order valence-electron chi connectivity index (χ1n) is 12.6. The monoisotopic (exact) mass is 539 g/mol. The minimum absolute atomic E-state index is 0.107. The van der Waals surface area contributed by atoms with E-state index in [-0.39, 0.29) is 17.7 Å². The molecule has 2 amide bonds. The fourth-order valence-electron chi connectivity index (χ4n) is 4.80. The number of rotatable bonds is 6. The second-order valence-corrected chi connectivity index (χ2v) is 10.2. The van der Waals surface area contributed by atoms with Gasteiger partial charge in [0.1, 0.15) is 17.1 Å². The van der Waals surface area contributed by atoms with Gasteiger partial charge in [-0.1, -0.05) is 24.3 Å². The summed E-state index contributed by atoms with van der Waals surface area (Å²) in [5, 5.41) is 6.48. The molecule has 1 fully saturated rings. The highest BCUT2D eigenvalue weighted by Crippen LogP contribution is 2.32. The Morgan fingerprint density at radius 2 is 1.90 bits per heavy atom. The average molecular weight is 540 g/mol. The second kappa shape index (κ2) is 10.7. The third-order valence-electron chi connectivity index (χ3n) is 6.84. The summed E-state index contributed by atoms with van der Waals surface area (Å²) in [6.07, 6.45) is 4.53. The zero-order chi connectivity index (χ0) is 26.8. The topological polar surface area (TPSA) is 110 Å². The lowest BCUT2D eigenvalue weighted by molar-refractivity contribution is 0.0707. The molecule has 0 spiro atoms. The van der Waals surface area contributed by atoms with Crippen LogP contribution in [0.2, 0.25) is 0 Å². The maximum Gasteiger partial charge on any atom is 0.275 e. The zero-order valence-corrected chi connectivity index (χ0v) is 22.0. The molecular formula is C29H25N5O4S. The number of thiazole rings is 1. The molecule has 1 aliphatic rings. The molecule has 196 valence electrons. The van der Waals surface area contributed by atoms with Crippen LogP contribution < -0.4 is 10.1 Å². The maximum atomic E-state index is 13.3. The first-order valence-corrected chi connectivity index (χ1v) is 13.5. The largest absolute Gasteiger partial charge is 0.496 e. The van der Waals surface area contributed by atoms with Crippen molar-refractivity contribution in [3.05, 3.63) is 89.0 Å². The van der Waals surface area contributed by atoms with E-state index in [2.05, 4.69) is 20.3 Å². The Bertz CT molecular complexity index is 1640. The molecule has 3 aromatic heterocycles. The highest BCUT2D eigenvalue weighted by molar-refractivity contribution is 7.10. The van der Waals surface area contributed by atoms with E-state index >= 15 is 0 Å². The first kappa shape index (κ1) is 24.7. The van der Waals surface area contributed by atoms with Crippen LogP contribution in [-0.4, -0.2) is 51.9 Å². The number of hydrogen-bond acceptors (Lipinski definition) is 8. The number of carbonyl (C=O) groups excluding carboxylic acids is 2. The van der Waals surface area contributed by atoms with Gasteiger partial charge in [0.2, 0.25) is 0 Å². The van der Waals surface area contributed by atoms with Gasteiger partial charge in [0.15, 0.2) is 12.2 Å². The minimum Gasteiger partial charge on any atom is -0.496 e. The van der Waals surface area contributed by atoms with Crippen LogP contribution in [0.15, 0.2) is 77.0 Å². The fraction of sp³-hybridized carbons (Fsp3) is 0.207. The summed E-state index contributed by atoms with van der Waals surface area (Å²) >= 11 is 1.48. The lowest BCUT2D eigenvalue weighted by Gasteiger charge is -2.31. The van der Waals surface area contributed by atoms with E-state index in [9.17, 15) is 9.59 Å². The third-order valence-corrected chi connectivity index (χ3v) is 7.85. The van der Waals surface area contributed by atoms with Crippen molar-refractivity contribution in [3.8, 4) is 17.1 Å². The number of pyridine rings is 1. The number of carbonyl (C=O) groups is 2. The van der Waals surface area contributed by atoms with Gasteiger partial charge >= 0.3 is 0 Å². The number of likely N-dealkylation sites (tertiary alicyclic amines) is 1. The number of aromatic nitrogens is 3. The molecule has 1 saturated heterocycles. The van der Waals surface area contributed by atoms with Crippen molar-refractivity contribution >= 4 is 39.7 Å². The SMILES string of the molecule is COc1cc(C(=O)N2CCC(c3nc(C(=O)Nc4cccc(-c5cnco5)c4)cs3)CC2)nc2ccccc12. The number of methoxy groups -OCH3 is 1. The van der Waals surface area contributed by atoms with Crippen LogP contribution in [0.5, 0.6) is 5.75 Å². The van der Waals surface area contributed by atoms with Gasteiger partial charge in [0, 0.05) is 47.1 Å². The molecule has 0 saturated carbocycles. The fourth-order valence-corrected chi connectivity index (χ4v) is 5.77. The third kappa shape index (κ3) is 5.10. The normalized spacial score (nSPS) is 13.9. The van der Waals surface area contributed by atoms with Gasteiger partial charge in [-0.3, -0.25) is 9.59 Å². The average Bonchev–Trinajstić information content (AvgIpc) is 3.70. The van der Waals surface area contributed by atoms with Gasteiger partial charge < -0.3 is 19.4 Å². The number of oxazole rings is 1. The lowest BCUT2D eigenvalue weighted by Crippen LogP contribution is -2.38. The van der Waals surface area contributed by atoms with Crippen LogP contribution in [-0.2, 0) is 0 Å². The summed E-state index contributed by atoms with van der Waals surface area (Å²) in [5.41, 5.74) is 2.96. The number of nitrogens with one attached hydrogen (secondary N) is 1. The summed E-state index contributed by atoms with van der Waals surface area (Å²) < 4.78 is 10.8. The van der Waals surface area contributed by atoms with Crippen LogP contribution >= 0.6 is 11.3 Å². The Labute approximate surface area is 228 Å². The molecule has 5 aromatic rings. The van der Waals surface area contributed by atoms with Gasteiger partial charge in [0.25, 0.3) is 11.8 Å². The predicted molar refractivity (Wildman–Crippen MR) is 148 cm³/mol. The van der Waals surface area contributed by atoms with Crippen LogP contribution in [0.3, 0.4) is 0 Å². The van der Waals surface area contributed by atoms with Crippen molar-refractivity contribution in [2.75, 3.05) is 25.5 Å². The summed E-state index contributed by atoms with van der Waals surface area (Å²) in [6.45, 7) is 1.19. The van der Waals surface area contributed by atoms with Crippen molar-refractivity contribution in [2.24, 2.45) is 0 Å². The first-order chi connectivity index (χ1) is 19.1. The molecule has 0 unspecified atom stereocenters. The van der Waals surface area contributed by atoms with Gasteiger partial charge in [-0.15, -0.1) is 11.3 Å². The molecule has 6 rings (SSSR count). The number of amides is 2. The van der Waals surface area contributed by atoms with E-state index in [1.165, 1.54) is 17.7 Å². The molecule has 9 nitrogen and oxygen atoms in total. The molecule has 1 N–H and O–H groups in total. The summed E-state index contributed by atoms with van der Waals surface area (Å²) in [4.78, 5) is 41.1. The van der Waals surface area contributed by atoms with Crippen molar-refractivity contribution < 1.29 is 18.7 Å². The van der Waals surface area contributed by atoms with E-state index < -0.39 is 0 Å². The molecule has 39 heavy (non-hydrogen) atoms. The van der Waals surface area contributed by atoms with Gasteiger partial charge in [-0.25, -0.2) is 15.0 Å². The maximum absolute atomic E-state index is 13.3. The predicted octanol–water partition coefficient (Wildman–Crippen LogP) is 5.63. The number of hydrogen-bond donors (Lipinski definition) is 1. The van der Waals surface area contributed by atoms with Gasteiger partial charge in [-0.05, 0) is 37.1 Å². The van der Waals surface area contributed by atoms with Crippen LogP contribution in [0.25, 0.3) is 22.2 Å².